The third-order valence-corrected chi connectivity index (χ3v) is 3.21. The number of halogens is 2. The lowest BCUT2D eigenvalue weighted by atomic mass is 10.1. The summed E-state index contributed by atoms with van der Waals surface area (Å²) in [6.07, 6.45) is -1.77. The van der Waals surface area contributed by atoms with Crippen molar-refractivity contribution in [1.82, 2.24) is 0 Å². The van der Waals surface area contributed by atoms with E-state index in [0.717, 1.165) is 6.42 Å². The molecule has 1 aromatic carbocycles. The van der Waals surface area contributed by atoms with Gasteiger partial charge in [0.15, 0.2) is 0 Å². The van der Waals surface area contributed by atoms with Gasteiger partial charge < -0.3 is 9.64 Å². The minimum atomic E-state index is -2.63. The molecule has 1 atom stereocenters. The van der Waals surface area contributed by atoms with Crippen molar-refractivity contribution in [2.45, 2.75) is 25.9 Å². The van der Waals surface area contributed by atoms with E-state index < -0.39 is 6.43 Å². The van der Waals surface area contributed by atoms with Crippen LogP contribution in [0.5, 0.6) is 0 Å². The molecule has 0 saturated carbocycles. The van der Waals surface area contributed by atoms with Gasteiger partial charge in [0.2, 0.25) is 0 Å². The predicted molar refractivity (Wildman–Crippen MR) is 68.4 cm³/mol. The molecule has 1 fully saturated rings. The summed E-state index contributed by atoms with van der Waals surface area (Å²) < 4.78 is 31.4. The van der Waals surface area contributed by atoms with Crippen molar-refractivity contribution in [1.29, 1.82) is 5.26 Å². The normalized spacial score (nSPS) is 20.2. The Hall–Kier alpha value is -1.67. The fourth-order valence-corrected chi connectivity index (χ4v) is 2.34. The molecule has 0 N–H and O–H groups in total. The van der Waals surface area contributed by atoms with Crippen LogP contribution in [0.3, 0.4) is 0 Å². The van der Waals surface area contributed by atoms with Gasteiger partial charge in [-0.1, -0.05) is 12.1 Å². The van der Waals surface area contributed by atoms with Crippen LogP contribution in [-0.2, 0) is 4.74 Å². The van der Waals surface area contributed by atoms with Crippen molar-refractivity contribution in [3.8, 4) is 6.07 Å². The highest BCUT2D eigenvalue weighted by molar-refractivity contribution is 5.63. The van der Waals surface area contributed by atoms with Crippen LogP contribution in [0.2, 0.25) is 0 Å². The van der Waals surface area contributed by atoms with Gasteiger partial charge in [-0.05, 0) is 19.4 Å². The molecule has 0 aliphatic carbocycles. The number of nitriles is 1. The molecule has 1 aliphatic heterocycles. The molecule has 102 valence electrons. The van der Waals surface area contributed by atoms with Crippen LogP contribution in [0, 0.1) is 11.3 Å². The smallest absolute Gasteiger partial charge is 0.265 e. The third kappa shape index (κ3) is 3.02. The van der Waals surface area contributed by atoms with Gasteiger partial charge in [-0.3, -0.25) is 0 Å². The maximum Gasteiger partial charge on any atom is 0.265 e. The van der Waals surface area contributed by atoms with Crippen LogP contribution >= 0.6 is 0 Å². The zero-order valence-electron chi connectivity index (χ0n) is 10.8. The Kier molecular flexibility index (Phi) is 4.33. The van der Waals surface area contributed by atoms with E-state index in [-0.39, 0.29) is 17.2 Å². The minimum absolute atomic E-state index is 0.0317. The summed E-state index contributed by atoms with van der Waals surface area (Å²) in [5, 5.41) is 9.17. The number of ether oxygens (including phenoxy) is 1. The van der Waals surface area contributed by atoms with Crippen molar-refractivity contribution in [2.75, 3.05) is 24.6 Å². The third-order valence-electron chi connectivity index (χ3n) is 3.21. The maximum absolute atomic E-state index is 12.9. The van der Waals surface area contributed by atoms with E-state index in [1.807, 2.05) is 17.9 Å². The lowest BCUT2D eigenvalue weighted by molar-refractivity contribution is 0.0821. The summed E-state index contributed by atoms with van der Waals surface area (Å²) in [6, 6.07) is 6.53. The van der Waals surface area contributed by atoms with Crippen LogP contribution in [0.25, 0.3) is 0 Å². The largest absolute Gasteiger partial charge is 0.377 e. The zero-order chi connectivity index (χ0) is 13.8. The topological polar surface area (TPSA) is 36.3 Å². The number of benzene rings is 1. The van der Waals surface area contributed by atoms with Gasteiger partial charge in [-0.25, -0.2) is 8.78 Å². The van der Waals surface area contributed by atoms with Gasteiger partial charge in [-0.15, -0.1) is 0 Å². The van der Waals surface area contributed by atoms with E-state index in [1.54, 1.807) is 12.1 Å². The van der Waals surface area contributed by atoms with E-state index >= 15 is 0 Å². The molecule has 0 spiro atoms. The Morgan fingerprint density at radius 2 is 2.26 bits per heavy atom. The van der Waals surface area contributed by atoms with Crippen LogP contribution < -0.4 is 4.90 Å². The van der Waals surface area contributed by atoms with Crippen molar-refractivity contribution >= 4 is 5.69 Å². The first-order valence-corrected chi connectivity index (χ1v) is 6.31. The molecule has 19 heavy (non-hydrogen) atoms. The molecule has 1 aliphatic rings. The summed E-state index contributed by atoms with van der Waals surface area (Å²) in [7, 11) is 0. The fourth-order valence-electron chi connectivity index (χ4n) is 2.34. The average Bonchev–Trinajstić information content (AvgIpc) is 2.62. The van der Waals surface area contributed by atoms with Gasteiger partial charge in [0.25, 0.3) is 6.43 Å². The van der Waals surface area contributed by atoms with Gasteiger partial charge in [0.1, 0.15) is 6.07 Å². The first kappa shape index (κ1) is 13.8. The number of nitrogens with zero attached hydrogens (tertiary/aromatic N) is 2. The first-order valence-electron chi connectivity index (χ1n) is 6.31. The summed E-state index contributed by atoms with van der Waals surface area (Å²) in [4.78, 5) is 1.96. The molecular formula is C14H16F2N2O. The number of anilines is 1. The molecule has 0 amide bonds. The standard InChI is InChI=1S/C14H16F2N2O/c1-10-9-18(6-3-7-19-10)13-5-2-4-11(14(15)16)12(13)8-17/h2,4-5,10,14H,3,6-7,9H2,1H3/t10-/m1/s1. The molecule has 0 unspecified atom stereocenters. The highest BCUT2D eigenvalue weighted by atomic mass is 19.3. The number of hydrogen-bond acceptors (Lipinski definition) is 3. The fraction of sp³-hybridized carbons (Fsp3) is 0.500. The Balaban J connectivity index is 2.38. The first-order chi connectivity index (χ1) is 9.13. The van der Waals surface area contributed by atoms with Gasteiger partial charge in [0.05, 0.1) is 17.4 Å². The van der Waals surface area contributed by atoms with Crippen LogP contribution in [0.4, 0.5) is 14.5 Å². The molecule has 1 aromatic rings. The number of hydrogen-bond donors (Lipinski definition) is 0. The molecule has 1 heterocycles. The second-order valence-electron chi connectivity index (χ2n) is 4.63. The van der Waals surface area contributed by atoms with E-state index in [0.29, 0.717) is 25.4 Å². The predicted octanol–water partition coefficient (Wildman–Crippen LogP) is 3.11. The molecule has 0 radical (unpaired) electrons. The Morgan fingerprint density at radius 3 is 2.95 bits per heavy atom. The van der Waals surface area contributed by atoms with Crippen molar-refractivity contribution in [2.24, 2.45) is 0 Å². The highest BCUT2D eigenvalue weighted by Crippen LogP contribution is 2.30. The lowest BCUT2D eigenvalue weighted by Gasteiger charge is -2.26. The lowest BCUT2D eigenvalue weighted by Crippen LogP contribution is -2.30. The molecule has 1 saturated heterocycles. The SMILES string of the molecule is C[C@@H]1CN(c2cccc(C(F)F)c2C#N)CCCO1. The highest BCUT2D eigenvalue weighted by Gasteiger charge is 2.22. The van der Waals surface area contributed by atoms with E-state index in [2.05, 4.69) is 0 Å². The van der Waals surface area contributed by atoms with Crippen LogP contribution in [-0.4, -0.2) is 25.8 Å². The maximum atomic E-state index is 12.9. The molecule has 0 bridgehead atoms. The van der Waals surface area contributed by atoms with Crippen molar-refractivity contribution in [3.63, 3.8) is 0 Å². The van der Waals surface area contributed by atoms with Gasteiger partial charge in [-0.2, -0.15) is 5.26 Å². The summed E-state index contributed by atoms with van der Waals surface area (Å²) in [5.74, 6) is 0. The van der Waals surface area contributed by atoms with Crippen LogP contribution in [0.15, 0.2) is 18.2 Å². The minimum Gasteiger partial charge on any atom is -0.377 e. The van der Waals surface area contributed by atoms with Crippen LogP contribution in [0.1, 0.15) is 30.9 Å². The van der Waals surface area contributed by atoms with E-state index in [9.17, 15) is 14.0 Å². The second kappa shape index (κ2) is 5.98. The van der Waals surface area contributed by atoms with Crippen molar-refractivity contribution in [3.05, 3.63) is 29.3 Å². The van der Waals surface area contributed by atoms with E-state index in [4.69, 9.17) is 4.74 Å². The Labute approximate surface area is 111 Å². The molecule has 5 heteroatoms. The van der Waals surface area contributed by atoms with Gasteiger partial charge in [0, 0.05) is 25.3 Å². The summed E-state index contributed by atoms with van der Waals surface area (Å²) >= 11 is 0. The molecule has 0 aromatic heterocycles. The summed E-state index contributed by atoms with van der Waals surface area (Å²) in [6.45, 7) is 3.93. The van der Waals surface area contributed by atoms with Crippen molar-refractivity contribution < 1.29 is 13.5 Å². The Bertz CT molecular complexity index is 485. The molecular weight excluding hydrogens is 250 g/mol. The van der Waals surface area contributed by atoms with E-state index in [1.165, 1.54) is 6.07 Å². The average molecular weight is 266 g/mol. The van der Waals surface area contributed by atoms with Gasteiger partial charge >= 0.3 is 0 Å². The Morgan fingerprint density at radius 1 is 1.47 bits per heavy atom. The summed E-state index contributed by atoms with van der Waals surface area (Å²) in [5.41, 5.74) is 0.460. The quantitative estimate of drug-likeness (QED) is 0.825. The monoisotopic (exact) mass is 266 g/mol. The number of rotatable bonds is 2. The second-order valence-corrected chi connectivity index (χ2v) is 4.63. The molecule has 3 nitrogen and oxygen atoms in total. The molecule has 2 rings (SSSR count). The zero-order valence-corrected chi connectivity index (χ0v) is 10.8. The number of alkyl halides is 2.